The zero-order valence-electron chi connectivity index (χ0n) is 31.8. The molecule has 0 saturated carbocycles. The molecule has 0 radical (unpaired) electrons. The lowest BCUT2D eigenvalue weighted by Crippen LogP contribution is -2.44. The Morgan fingerprint density at radius 2 is 1.66 bits per heavy atom. The first-order valence-corrected chi connectivity index (χ1v) is 21.2. The zero-order chi connectivity index (χ0) is 39.8. The van der Waals surface area contributed by atoms with Gasteiger partial charge in [0.25, 0.3) is 0 Å². The van der Waals surface area contributed by atoms with Crippen molar-refractivity contribution in [1.82, 2.24) is 14.8 Å². The third-order valence-corrected chi connectivity index (χ3v) is 12.7. The molecule has 6 rings (SSSR count). The minimum atomic E-state index is -2.94. The summed E-state index contributed by atoms with van der Waals surface area (Å²) in [6.07, 6.45) is 6.49. The number of ether oxygens (including phenoxy) is 2. The Morgan fingerprint density at radius 3 is 2.41 bits per heavy atom. The van der Waals surface area contributed by atoms with Crippen LogP contribution in [-0.4, -0.2) is 83.8 Å². The van der Waals surface area contributed by atoms with E-state index in [9.17, 15) is 28.4 Å². The number of aliphatic carboxylic acids is 1. The largest absolute Gasteiger partial charge is 0.488 e. The quantitative estimate of drug-likeness (QED) is 0.122. The molecule has 294 valence electrons. The summed E-state index contributed by atoms with van der Waals surface area (Å²) in [7, 11) is -2.94. The van der Waals surface area contributed by atoms with Crippen molar-refractivity contribution in [1.29, 1.82) is 5.26 Å². The fourth-order valence-electron chi connectivity index (χ4n) is 7.50. The average molecular weight is 799 g/mol. The fourth-order valence-corrected chi connectivity index (χ4v) is 9.02. The lowest BCUT2D eigenvalue weighted by Gasteiger charge is -2.33. The highest BCUT2D eigenvalue weighted by atomic mass is 35.5. The van der Waals surface area contributed by atoms with E-state index in [4.69, 9.17) is 21.1 Å². The number of carboxylic acids is 1. The van der Waals surface area contributed by atoms with Crippen LogP contribution in [0, 0.1) is 25.2 Å². The van der Waals surface area contributed by atoms with Crippen LogP contribution in [0.2, 0.25) is 5.02 Å². The number of carbonyl (C=O) groups excluding carboxylic acids is 1. The van der Waals surface area contributed by atoms with Gasteiger partial charge in [-0.15, -0.1) is 0 Å². The summed E-state index contributed by atoms with van der Waals surface area (Å²) < 4.78 is 36.2. The van der Waals surface area contributed by atoms with Gasteiger partial charge in [0.15, 0.2) is 15.6 Å². The SMILES string of the molecule is Cc1c(COc2cc(OCc3cncc(C#N)c3)c(CN3CCCC[C@H]3C(=O)O)cc2Cl)cccc1-c1cccc(C(=O)CCCN2CCS(=O)(=O)CC2)c1C. The number of benzene rings is 3. The molecular weight excluding hydrogens is 752 g/mol. The summed E-state index contributed by atoms with van der Waals surface area (Å²) in [5, 5.41) is 19.6. The van der Waals surface area contributed by atoms with Crippen molar-refractivity contribution in [3.63, 3.8) is 0 Å². The number of pyridine rings is 1. The van der Waals surface area contributed by atoms with Crippen LogP contribution in [0.25, 0.3) is 11.1 Å². The second-order valence-corrected chi connectivity index (χ2v) is 17.3. The molecule has 3 heterocycles. The first-order chi connectivity index (χ1) is 26.9. The Morgan fingerprint density at radius 1 is 0.929 bits per heavy atom. The smallest absolute Gasteiger partial charge is 0.320 e. The monoisotopic (exact) mass is 798 g/mol. The molecule has 4 aromatic rings. The summed E-state index contributed by atoms with van der Waals surface area (Å²) >= 11 is 6.85. The summed E-state index contributed by atoms with van der Waals surface area (Å²) in [5.41, 5.74) is 7.31. The van der Waals surface area contributed by atoms with Crippen molar-refractivity contribution in [2.24, 2.45) is 0 Å². The molecule has 13 heteroatoms. The van der Waals surface area contributed by atoms with E-state index in [0.717, 1.165) is 46.2 Å². The van der Waals surface area contributed by atoms with Crippen LogP contribution in [0.15, 0.2) is 67.0 Å². The summed E-state index contributed by atoms with van der Waals surface area (Å²) in [5.74, 6) is 0.461. The molecule has 0 unspecified atom stereocenters. The van der Waals surface area contributed by atoms with Crippen LogP contribution in [0.5, 0.6) is 11.5 Å². The molecule has 0 spiro atoms. The minimum absolute atomic E-state index is 0.0648. The van der Waals surface area contributed by atoms with Gasteiger partial charge in [-0.25, -0.2) is 8.42 Å². The minimum Gasteiger partial charge on any atom is -0.488 e. The number of rotatable bonds is 15. The van der Waals surface area contributed by atoms with Gasteiger partial charge in [-0.1, -0.05) is 54.4 Å². The molecule has 2 aliphatic heterocycles. The van der Waals surface area contributed by atoms with Gasteiger partial charge in [-0.3, -0.25) is 19.5 Å². The molecule has 1 atom stereocenters. The molecule has 3 aromatic carbocycles. The summed E-state index contributed by atoms with van der Waals surface area (Å²) in [4.78, 5) is 33.7. The number of carbonyl (C=O) groups is 2. The Hall–Kier alpha value is -4.80. The number of nitrogens with zero attached hydrogens (tertiary/aromatic N) is 4. The number of aromatic nitrogens is 1. The van der Waals surface area contributed by atoms with Gasteiger partial charge in [0.05, 0.1) is 22.1 Å². The van der Waals surface area contributed by atoms with Crippen molar-refractivity contribution in [2.75, 3.05) is 37.7 Å². The number of carboxylic acid groups (broad SMARTS) is 1. The van der Waals surface area contributed by atoms with Gasteiger partial charge >= 0.3 is 5.97 Å². The van der Waals surface area contributed by atoms with Gasteiger partial charge in [0, 0.05) is 61.2 Å². The van der Waals surface area contributed by atoms with Crippen LogP contribution in [0.4, 0.5) is 0 Å². The van der Waals surface area contributed by atoms with Gasteiger partial charge in [-0.2, -0.15) is 5.26 Å². The van der Waals surface area contributed by atoms with Crippen molar-refractivity contribution < 1.29 is 32.6 Å². The number of sulfone groups is 1. The van der Waals surface area contributed by atoms with E-state index in [2.05, 4.69) is 16.0 Å². The number of likely N-dealkylation sites (tertiary alicyclic amines) is 1. The zero-order valence-corrected chi connectivity index (χ0v) is 33.4. The maximum absolute atomic E-state index is 13.4. The van der Waals surface area contributed by atoms with Gasteiger partial charge < -0.3 is 19.5 Å². The van der Waals surface area contributed by atoms with E-state index < -0.39 is 21.8 Å². The average Bonchev–Trinajstić information content (AvgIpc) is 3.18. The highest BCUT2D eigenvalue weighted by Crippen LogP contribution is 2.37. The third kappa shape index (κ3) is 10.1. The van der Waals surface area contributed by atoms with Crippen LogP contribution >= 0.6 is 11.6 Å². The molecule has 11 nitrogen and oxygen atoms in total. The number of halogens is 1. The van der Waals surface area contributed by atoms with Gasteiger partial charge in [0.2, 0.25) is 0 Å². The van der Waals surface area contributed by atoms with E-state index in [-0.39, 0.29) is 30.5 Å². The van der Waals surface area contributed by atoms with E-state index in [0.29, 0.717) is 85.2 Å². The number of nitriles is 1. The van der Waals surface area contributed by atoms with Crippen LogP contribution < -0.4 is 9.47 Å². The molecule has 0 amide bonds. The number of hydrogen-bond donors (Lipinski definition) is 1. The first-order valence-electron chi connectivity index (χ1n) is 19.0. The summed E-state index contributed by atoms with van der Waals surface area (Å²) in [6, 6.07) is 18.5. The van der Waals surface area contributed by atoms with E-state index in [1.165, 1.54) is 6.20 Å². The Bertz CT molecular complexity index is 2230. The van der Waals surface area contributed by atoms with E-state index >= 15 is 0 Å². The topological polar surface area (TPSA) is 150 Å². The lowest BCUT2D eigenvalue weighted by atomic mass is 9.90. The maximum atomic E-state index is 13.4. The number of piperidine rings is 1. The molecule has 2 saturated heterocycles. The Labute approximate surface area is 333 Å². The molecule has 1 aromatic heterocycles. The molecule has 1 N–H and O–H groups in total. The van der Waals surface area contributed by atoms with E-state index in [1.807, 2.05) is 55.1 Å². The van der Waals surface area contributed by atoms with Crippen LogP contribution in [0.3, 0.4) is 0 Å². The summed E-state index contributed by atoms with van der Waals surface area (Å²) in [6.45, 7) is 7.03. The Balaban J connectivity index is 1.18. The molecule has 0 aliphatic carbocycles. The number of hydrogen-bond acceptors (Lipinski definition) is 10. The maximum Gasteiger partial charge on any atom is 0.320 e. The van der Waals surface area contributed by atoms with Gasteiger partial charge in [0.1, 0.15) is 36.8 Å². The Kier molecular flexibility index (Phi) is 13.4. The first kappa shape index (κ1) is 40.9. The third-order valence-electron chi connectivity index (χ3n) is 10.8. The van der Waals surface area contributed by atoms with Crippen molar-refractivity contribution in [3.05, 3.63) is 111 Å². The van der Waals surface area contributed by atoms with Crippen molar-refractivity contribution >= 4 is 33.2 Å². The normalized spacial score (nSPS) is 17.2. The second kappa shape index (κ2) is 18.4. The predicted molar refractivity (Wildman–Crippen MR) is 215 cm³/mol. The molecule has 2 fully saturated rings. The fraction of sp³-hybridized carbons (Fsp3) is 0.395. The standard InChI is InChI=1S/C43H47ClN4O7S/c1-29-33(8-5-9-35(29)36-10-6-11-37(30(36)2)40(49)13-7-14-47-16-18-56(52,53)19-17-47)28-55-42-22-41(54-27-32-20-31(23-45)24-46-25-32)34(21-38(42)44)26-48-15-4-3-12-39(48)43(50)51/h5-6,8-11,20-22,24-25,39H,3-4,7,12-19,26-28H2,1-2H3,(H,50,51)/t39-/m0/s1. The highest BCUT2D eigenvalue weighted by molar-refractivity contribution is 7.91. The van der Waals surface area contributed by atoms with Crippen LogP contribution in [-0.2, 0) is 34.4 Å². The molecule has 0 bridgehead atoms. The van der Waals surface area contributed by atoms with E-state index in [1.54, 1.807) is 24.4 Å². The molecule has 56 heavy (non-hydrogen) atoms. The predicted octanol–water partition coefficient (Wildman–Crippen LogP) is 7.18. The van der Waals surface area contributed by atoms with Crippen molar-refractivity contribution in [2.45, 2.75) is 71.8 Å². The van der Waals surface area contributed by atoms with Crippen molar-refractivity contribution in [3.8, 4) is 28.7 Å². The lowest BCUT2D eigenvalue weighted by molar-refractivity contribution is -0.144. The number of ketones is 1. The second-order valence-electron chi connectivity index (χ2n) is 14.6. The molecular formula is C43H47ClN4O7S. The van der Waals surface area contributed by atoms with Gasteiger partial charge in [-0.05, 0) is 86.1 Å². The number of Topliss-reactive ketones (excluding diaryl/α,β-unsaturated/α-hetero) is 1. The highest BCUT2D eigenvalue weighted by Gasteiger charge is 2.29. The van der Waals surface area contributed by atoms with Crippen LogP contribution in [0.1, 0.15) is 75.8 Å². The molecule has 2 aliphatic rings.